The minimum absolute atomic E-state index is 0.125. The van der Waals surface area contributed by atoms with Crippen molar-refractivity contribution in [3.8, 4) is 5.75 Å². The molecule has 2 aromatic carbocycles. The van der Waals surface area contributed by atoms with Gasteiger partial charge in [0, 0.05) is 10.4 Å². The largest absolute Gasteiger partial charge is 0.490 e. The Hall–Kier alpha value is -1.97. The number of aliphatic hydroxyl groups is 1. The number of rotatable bonds is 4. The summed E-state index contributed by atoms with van der Waals surface area (Å²) in [5, 5.41) is 11.8. The van der Waals surface area contributed by atoms with Gasteiger partial charge in [0.1, 0.15) is 29.8 Å². The van der Waals surface area contributed by atoms with E-state index in [0.29, 0.717) is 16.5 Å². The fourth-order valence-electron chi connectivity index (χ4n) is 2.14. The van der Waals surface area contributed by atoms with Gasteiger partial charge in [-0.15, -0.1) is 0 Å². The van der Waals surface area contributed by atoms with Crippen LogP contribution in [0, 0.1) is 6.92 Å². The normalized spacial score (nSPS) is 12.5. The van der Waals surface area contributed by atoms with Crippen LogP contribution in [0.25, 0.3) is 11.0 Å². The number of aryl methyl sites for hydroxylation is 1. The quantitative estimate of drug-likeness (QED) is 0.771. The maximum absolute atomic E-state index is 10.2. The van der Waals surface area contributed by atoms with E-state index in [1.165, 1.54) is 0 Å². The van der Waals surface area contributed by atoms with E-state index >= 15 is 0 Å². The summed E-state index contributed by atoms with van der Waals surface area (Å²) in [6.45, 7) is 2.15. The molecular formula is C17H15ClO3. The van der Waals surface area contributed by atoms with E-state index in [2.05, 4.69) is 0 Å². The van der Waals surface area contributed by atoms with Gasteiger partial charge in [0.2, 0.25) is 0 Å². The maximum Gasteiger partial charge on any atom is 0.145 e. The first-order chi connectivity index (χ1) is 10.1. The number of benzene rings is 2. The topological polar surface area (TPSA) is 42.6 Å². The first-order valence-corrected chi connectivity index (χ1v) is 7.06. The van der Waals surface area contributed by atoms with Gasteiger partial charge in [-0.05, 0) is 49.4 Å². The molecule has 0 radical (unpaired) electrons. The molecule has 0 aliphatic heterocycles. The molecule has 0 aliphatic rings. The lowest BCUT2D eigenvalue weighted by Crippen LogP contribution is -2.08. The van der Waals surface area contributed by atoms with Crippen LogP contribution in [-0.4, -0.2) is 11.7 Å². The highest BCUT2D eigenvalue weighted by molar-refractivity contribution is 6.30. The monoisotopic (exact) mass is 302 g/mol. The molecule has 1 heterocycles. The minimum atomic E-state index is -0.812. The molecule has 1 N–H and O–H groups in total. The van der Waals surface area contributed by atoms with Crippen molar-refractivity contribution in [1.82, 2.24) is 0 Å². The number of ether oxygens (including phenoxy) is 1. The Labute approximate surface area is 127 Å². The molecule has 1 unspecified atom stereocenters. The van der Waals surface area contributed by atoms with Crippen LogP contribution in [0.3, 0.4) is 0 Å². The summed E-state index contributed by atoms with van der Waals surface area (Å²) in [7, 11) is 0. The summed E-state index contributed by atoms with van der Waals surface area (Å²) in [6, 6.07) is 14.8. The van der Waals surface area contributed by atoms with Gasteiger partial charge >= 0.3 is 0 Å². The van der Waals surface area contributed by atoms with Crippen molar-refractivity contribution in [2.24, 2.45) is 0 Å². The van der Waals surface area contributed by atoms with E-state index in [1.54, 1.807) is 24.3 Å². The fourth-order valence-corrected chi connectivity index (χ4v) is 2.26. The molecule has 0 saturated carbocycles. The van der Waals surface area contributed by atoms with Crippen molar-refractivity contribution < 1.29 is 14.3 Å². The van der Waals surface area contributed by atoms with E-state index in [4.69, 9.17) is 20.8 Å². The molecule has 0 spiro atoms. The second-order valence-electron chi connectivity index (χ2n) is 4.97. The summed E-state index contributed by atoms with van der Waals surface area (Å²) in [6.07, 6.45) is -0.812. The van der Waals surface area contributed by atoms with Crippen LogP contribution in [0.4, 0.5) is 0 Å². The molecule has 0 bridgehead atoms. The van der Waals surface area contributed by atoms with E-state index in [1.807, 2.05) is 31.2 Å². The third-order valence-electron chi connectivity index (χ3n) is 3.24. The predicted molar refractivity (Wildman–Crippen MR) is 82.9 cm³/mol. The van der Waals surface area contributed by atoms with Crippen LogP contribution in [-0.2, 0) is 0 Å². The van der Waals surface area contributed by atoms with Crippen LogP contribution >= 0.6 is 11.6 Å². The summed E-state index contributed by atoms with van der Waals surface area (Å²) in [5.41, 5.74) is 1.92. The molecule has 0 saturated heterocycles. The highest BCUT2D eigenvalue weighted by Crippen LogP contribution is 2.25. The van der Waals surface area contributed by atoms with Crippen molar-refractivity contribution in [2.45, 2.75) is 13.0 Å². The Morgan fingerprint density at radius 2 is 1.90 bits per heavy atom. The summed E-state index contributed by atoms with van der Waals surface area (Å²) in [4.78, 5) is 0. The summed E-state index contributed by atoms with van der Waals surface area (Å²) >= 11 is 5.81. The van der Waals surface area contributed by atoms with Gasteiger partial charge < -0.3 is 14.3 Å². The van der Waals surface area contributed by atoms with E-state index in [9.17, 15) is 5.11 Å². The molecule has 3 nitrogen and oxygen atoms in total. The van der Waals surface area contributed by atoms with Gasteiger partial charge in [0.25, 0.3) is 0 Å². The molecule has 1 atom stereocenters. The number of hydrogen-bond acceptors (Lipinski definition) is 3. The van der Waals surface area contributed by atoms with Gasteiger partial charge in [-0.25, -0.2) is 0 Å². The summed E-state index contributed by atoms with van der Waals surface area (Å²) in [5.74, 6) is 1.16. The van der Waals surface area contributed by atoms with Crippen LogP contribution in [0.5, 0.6) is 5.75 Å². The first-order valence-electron chi connectivity index (χ1n) is 6.68. The van der Waals surface area contributed by atoms with Crippen molar-refractivity contribution in [3.05, 3.63) is 64.9 Å². The average molecular weight is 303 g/mol. The van der Waals surface area contributed by atoms with Crippen LogP contribution in [0.1, 0.15) is 17.4 Å². The van der Waals surface area contributed by atoms with Gasteiger partial charge in [-0.2, -0.15) is 0 Å². The zero-order valence-corrected chi connectivity index (χ0v) is 12.3. The number of aliphatic hydroxyl groups excluding tert-OH is 1. The first kappa shape index (κ1) is 14.0. The molecule has 1 aromatic heterocycles. The fraction of sp³-hybridized carbons (Fsp3) is 0.176. The standard InChI is InChI=1S/C17H15ClO3/c1-11-2-7-16-12(8-11)9-17(21-16)15(19)10-20-14-5-3-13(18)4-6-14/h2-9,15,19H,10H2,1H3. The van der Waals surface area contributed by atoms with Crippen LogP contribution < -0.4 is 4.74 Å². The van der Waals surface area contributed by atoms with Crippen molar-refractivity contribution in [3.63, 3.8) is 0 Å². The summed E-state index contributed by atoms with van der Waals surface area (Å²) < 4.78 is 11.2. The molecule has 0 aliphatic carbocycles. The van der Waals surface area contributed by atoms with Crippen LogP contribution in [0.2, 0.25) is 5.02 Å². The molecular weight excluding hydrogens is 288 g/mol. The lowest BCUT2D eigenvalue weighted by Gasteiger charge is -2.10. The lowest BCUT2D eigenvalue weighted by molar-refractivity contribution is 0.0903. The highest BCUT2D eigenvalue weighted by atomic mass is 35.5. The maximum atomic E-state index is 10.2. The molecule has 4 heteroatoms. The highest BCUT2D eigenvalue weighted by Gasteiger charge is 2.14. The van der Waals surface area contributed by atoms with Gasteiger partial charge in [0.15, 0.2) is 0 Å². The Morgan fingerprint density at radius 1 is 1.14 bits per heavy atom. The molecule has 3 rings (SSSR count). The zero-order valence-electron chi connectivity index (χ0n) is 11.5. The van der Waals surface area contributed by atoms with Crippen molar-refractivity contribution in [2.75, 3.05) is 6.61 Å². The molecule has 3 aromatic rings. The van der Waals surface area contributed by atoms with Crippen molar-refractivity contribution in [1.29, 1.82) is 0 Å². The smallest absolute Gasteiger partial charge is 0.145 e. The third kappa shape index (κ3) is 3.20. The second-order valence-corrected chi connectivity index (χ2v) is 5.41. The zero-order chi connectivity index (χ0) is 14.8. The molecule has 108 valence electrons. The molecule has 0 fully saturated rings. The Bertz CT molecular complexity index is 746. The third-order valence-corrected chi connectivity index (χ3v) is 3.49. The number of fused-ring (bicyclic) bond motifs is 1. The lowest BCUT2D eigenvalue weighted by atomic mass is 10.2. The van der Waals surface area contributed by atoms with Gasteiger partial charge in [-0.3, -0.25) is 0 Å². The number of hydrogen-bond donors (Lipinski definition) is 1. The minimum Gasteiger partial charge on any atom is -0.490 e. The number of furan rings is 1. The molecule has 0 amide bonds. The van der Waals surface area contributed by atoms with Crippen molar-refractivity contribution >= 4 is 22.6 Å². The van der Waals surface area contributed by atoms with Gasteiger partial charge in [-0.1, -0.05) is 23.2 Å². The number of halogens is 1. The Balaban J connectivity index is 1.71. The Kier molecular flexibility index (Phi) is 3.86. The Morgan fingerprint density at radius 3 is 2.67 bits per heavy atom. The van der Waals surface area contributed by atoms with E-state index < -0.39 is 6.10 Å². The van der Waals surface area contributed by atoms with Crippen LogP contribution in [0.15, 0.2) is 52.9 Å². The average Bonchev–Trinajstić information content (AvgIpc) is 2.89. The SMILES string of the molecule is Cc1ccc2oc(C(O)COc3ccc(Cl)cc3)cc2c1. The van der Waals surface area contributed by atoms with Gasteiger partial charge in [0.05, 0.1) is 0 Å². The predicted octanol–water partition coefficient (Wildman–Crippen LogP) is 4.51. The second kappa shape index (κ2) is 5.80. The van der Waals surface area contributed by atoms with E-state index in [-0.39, 0.29) is 6.61 Å². The molecule has 21 heavy (non-hydrogen) atoms. The van der Waals surface area contributed by atoms with E-state index in [0.717, 1.165) is 16.5 Å².